The molecule has 0 unspecified atom stereocenters. The van der Waals surface area contributed by atoms with Gasteiger partial charge in [-0.1, -0.05) is 43.6 Å². The van der Waals surface area contributed by atoms with Crippen LogP contribution in [-0.4, -0.2) is 19.8 Å². The van der Waals surface area contributed by atoms with Crippen molar-refractivity contribution in [2.45, 2.75) is 26.1 Å². The summed E-state index contributed by atoms with van der Waals surface area (Å²) >= 11 is 0. The Bertz CT molecular complexity index is 142. The van der Waals surface area contributed by atoms with Crippen LogP contribution in [0.4, 0.5) is 0 Å². The molecule has 0 aliphatic rings. The topological polar surface area (TPSA) is 20.2 Å². The van der Waals surface area contributed by atoms with Crippen LogP contribution >= 0.6 is 0 Å². The summed E-state index contributed by atoms with van der Waals surface area (Å²) in [4.78, 5) is 0. The lowest BCUT2D eigenvalue weighted by atomic mass is 10.4. The van der Waals surface area contributed by atoms with Crippen molar-refractivity contribution in [3.63, 3.8) is 0 Å². The van der Waals surface area contributed by atoms with Gasteiger partial charge in [0.15, 0.2) is 0 Å². The van der Waals surface area contributed by atoms with Gasteiger partial charge in [0, 0.05) is 0 Å². The Labute approximate surface area is 70.5 Å². The Kier molecular flexibility index (Phi) is 5.16. The first-order chi connectivity index (χ1) is 5.06. The van der Waals surface area contributed by atoms with Gasteiger partial charge in [-0.15, -0.1) is 0 Å². The first-order valence-corrected chi connectivity index (χ1v) is 7.57. The van der Waals surface area contributed by atoms with Gasteiger partial charge in [0.2, 0.25) is 0 Å². The zero-order valence-electron chi connectivity index (χ0n) is 7.67. The summed E-state index contributed by atoms with van der Waals surface area (Å²) in [7, 11) is -0.994. The van der Waals surface area contributed by atoms with Crippen molar-refractivity contribution >= 4 is 8.07 Å². The van der Waals surface area contributed by atoms with Crippen LogP contribution in [0, 0.1) is 0 Å². The summed E-state index contributed by atoms with van der Waals surface area (Å²) in [5.41, 5.74) is 2.31. The molecule has 0 saturated carbocycles. The van der Waals surface area contributed by atoms with Gasteiger partial charge in [-0.25, -0.2) is 0 Å². The smallest absolute Gasteiger partial charge is 0.0683 e. The summed E-state index contributed by atoms with van der Waals surface area (Å²) in [5, 5.41) is 8.42. The fourth-order valence-corrected chi connectivity index (χ4v) is 1.51. The summed E-state index contributed by atoms with van der Waals surface area (Å²) in [6.45, 7) is 7.07. The van der Waals surface area contributed by atoms with Crippen LogP contribution in [0.25, 0.3) is 0 Å². The average molecular weight is 170 g/mol. The zero-order chi connectivity index (χ0) is 8.74. The standard InChI is InChI=1S/C9H18OSi/c1-11(2,3)9-7-5-4-6-8-10/h4,6-7,9-10H,5,8H2,1-3H3/b6-4+,9-7+. The molecule has 0 aliphatic heterocycles. The van der Waals surface area contributed by atoms with Crippen molar-refractivity contribution in [2.75, 3.05) is 6.61 Å². The van der Waals surface area contributed by atoms with Gasteiger partial charge < -0.3 is 5.11 Å². The van der Waals surface area contributed by atoms with E-state index in [-0.39, 0.29) is 6.61 Å². The van der Waals surface area contributed by atoms with Crippen LogP contribution in [0.15, 0.2) is 23.9 Å². The van der Waals surface area contributed by atoms with Crippen LogP contribution in [0.1, 0.15) is 6.42 Å². The van der Waals surface area contributed by atoms with E-state index in [0.29, 0.717) is 0 Å². The molecule has 0 aromatic carbocycles. The van der Waals surface area contributed by atoms with Gasteiger partial charge in [0.05, 0.1) is 14.7 Å². The van der Waals surface area contributed by atoms with Crippen LogP contribution in [0.2, 0.25) is 19.6 Å². The first-order valence-electron chi connectivity index (χ1n) is 4.00. The number of allylic oxidation sites excluding steroid dienone is 2. The minimum absolute atomic E-state index is 0.154. The predicted octanol–water partition coefficient (Wildman–Crippen LogP) is 2.36. The van der Waals surface area contributed by atoms with Crippen LogP contribution in [0.3, 0.4) is 0 Å². The lowest BCUT2D eigenvalue weighted by molar-refractivity contribution is 0.342. The number of hydrogen-bond donors (Lipinski definition) is 1. The second-order valence-corrected chi connectivity index (χ2v) is 8.72. The molecule has 1 N–H and O–H groups in total. The number of aliphatic hydroxyl groups excluding tert-OH is 1. The Balaban J connectivity index is 3.53. The summed E-state index contributed by atoms with van der Waals surface area (Å²) in [5.74, 6) is 0. The second-order valence-electron chi connectivity index (χ2n) is 3.66. The van der Waals surface area contributed by atoms with Crippen molar-refractivity contribution in [1.29, 1.82) is 0 Å². The number of aliphatic hydroxyl groups is 1. The molecule has 0 aromatic rings. The quantitative estimate of drug-likeness (QED) is 0.507. The van der Waals surface area contributed by atoms with Crippen LogP contribution < -0.4 is 0 Å². The highest BCUT2D eigenvalue weighted by Gasteiger charge is 2.05. The fraction of sp³-hybridized carbons (Fsp3) is 0.556. The Morgan fingerprint density at radius 3 is 2.18 bits per heavy atom. The maximum atomic E-state index is 8.42. The van der Waals surface area contributed by atoms with E-state index in [9.17, 15) is 0 Å². The maximum Gasteiger partial charge on any atom is 0.0683 e. The molecule has 0 fully saturated rings. The molecular formula is C9H18OSi. The highest BCUT2D eigenvalue weighted by Crippen LogP contribution is 2.02. The van der Waals surface area contributed by atoms with Crippen LogP contribution in [0.5, 0.6) is 0 Å². The Morgan fingerprint density at radius 1 is 1.09 bits per heavy atom. The third kappa shape index (κ3) is 9.66. The predicted molar refractivity (Wildman–Crippen MR) is 53.3 cm³/mol. The molecule has 0 amide bonds. The zero-order valence-corrected chi connectivity index (χ0v) is 8.67. The third-order valence-electron chi connectivity index (χ3n) is 1.16. The summed E-state index contributed by atoms with van der Waals surface area (Å²) in [6.07, 6.45) is 6.88. The van der Waals surface area contributed by atoms with Gasteiger partial charge in [-0.05, 0) is 6.42 Å². The van der Waals surface area contributed by atoms with Gasteiger partial charge in [-0.2, -0.15) is 0 Å². The molecule has 0 spiro atoms. The summed E-state index contributed by atoms with van der Waals surface area (Å²) in [6, 6.07) is 0. The van der Waals surface area contributed by atoms with Crippen molar-refractivity contribution < 1.29 is 5.11 Å². The van der Waals surface area contributed by atoms with Gasteiger partial charge in [0.1, 0.15) is 0 Å². The van der Waals surface area contributed by atoms with E-state index in [2.05, 4.69) is 31.4 Å². The first kappa shape index (κ1) is 10.7. The van der Waals surface area contributed by atoms with Crippen molar-refractivity contribution in [3.8, 4) is 0 Å². The molecule has 11 heavy (non-hydrogen) atoms. The second kappa shape index (κ2) is 5.33. The monoisotopic (exact) mass is 170 g/mol. The van der Waals surface area contributed by atoms with E-state index in [4.69, 9.17) is 5.11 Å². The normalized spacial score (nSPS) is 13.5. The molecule has 0 rings (SSSR count). The lowest BCUT2D eigenvalue weighted by Gasteiger charge is -2.06. The molecule has 0 atom stereocenters. The Morgan fingerprint density at radius 2 is 1.73 bits per heavy atom. The maximum absolute atomic E-state index is 8.42. The third-order valence-corrected chi connectivity index (χ3v) is 2.40. The van der Waals surface area contributed by atoms with Gasteiger partial charge in [0.25, 0.3) is 0 Å². The minimum Gasteiger partial charge on any atom is -0.392 e. The average Bonchev–Trinajstić information content (AvgIpc) is 1.85. The Hall–Kier alpha value is -0.343. The highest BCUT2D eigenvalue weighted by atomic mass is 28.3. The molecule has 0 saturated heterocycles. The summed E-state index contributed by atoms with van der Waals surface area (Å²) < 4.78 is 0. The van der Waals surface area contributed by atoms with E-state index >= 15 is 0 Å². The van der Waals surface area contributed by atoms with Gasteiger partial charge >= 0.3 is 0 Å². The molecule has 0 aromatic heterocycles. The molecule has 1 nitrogen and oxygen atoms in total. The van der Waals surface area contributed by atoms with E-state index in [1.807, 2.05) is 6.08 Å². The number of rotatable bonds is 4. The van der Waals surface area contributed by atoms with Gasteiger partial charge in [-0.3, -0.25) is 0 Å². The lowest BCUT2D eigenvalue weighted by Crippen LogP contribution is -2.15. The van der Waals surface area contributed by atoms with E-state index in [1.54, 1.807) is 6.08 Å². The molecular weight excluding hydrogens is 152 g/mol. The minimum atomic E-state index is -0.994. The molecule has 0 aliphatic carbocycles. The van der Waals surface area contributed by atoms with E-state index in [0.717, 1.165) is 6.42 Å². The molecule has 64 valence electrons. The molecule has 0 heterocycles. The van der Waals surface area contributed by atoms with Crippen molar-refractivity contribution in [3.05, 3.63) is 23.9 Å². The van der Waals surface area contributed by atoms with Crippen LogP contribution in [-0.2, 0) is 0 Å². The van der Waals surface area contributed by atoms with E-state index in [1.165, 1.54) is 0 Å². The van der Waals surface area contributed by atoms with E-state index < -0.39 is 8.07 Å². The SMILES string of the molecule is C[Si](C)(C)/C=C/C/C=C/CO. The molecule has 2 heteroatoms. The number of hydrogen-bond acceptors (Lipinski definition) is 1. The van der Waals surface area contributed by atoms with Crippen molar-refractivity contribution in [2.24, 2.45) is 0 Å². The van der Waals surface area contributed by atoms with Crippen molar-refractivity contribution in [1.82, 2.24) is 0 Å². The molecule has 0 radical (unpaired) electrons. The highest BCUT2D eigenvalue weighted by molar-refractivity contribution is 6.80. The fourth-order valence-electron chi connectivity index (χ4n) is 0.671. The largest absolute Gasteiger partial charge is 0.392 e. The molecule has 0 bridgehead atoms.